The Bertz CT molecular complexity index is 753. The fourth-order valence-electron chi connectivity index (χ4n) is 2.79. The summed E-state index contributed by atoms with van der Waals surface area (Å²) in [6, 6.07) is 7.85. The van der Waals surface area contributed by atoms with Crippen LogP contribution in [-0.2, 0) is 5.54 Å². The van der Waals surface area contributed by atoms with Crippen LogP contribution in [-0.4, -0.2) is 16.7 Å². The van der Waals surface area contributed by atoms with E-state index in [-0.39, 0.29) is 5.54 Å². The average molecular weight is 269 g/mol. The van der Waals surface area contributed by atoms with Crippen LogP contribution in [0, 0.1) is 0 Å². The lowest BCUT2D eigenvalue weighted by molar-refractivity contribution is 0.275. The van der Waals surface area contributed by atoms with Crippen LogP contribution >= 0.6 is 0 Å². The number of rotatable bonds is 2. The van der Waals surface area contributed by atoms with E-state index in [1.54, 1.807) is 6.26 Å². The van der Waals surface area contributed by atoms with E-state index in [1.807, 2.05) is 24.3 Å². The van der Waals surface area contributed by atoms with Crippen LogP contribution in [0.15, 0.2) is 39.5 Å². The molecule has 2 aromatic heterocycles. The van der Waals surface area contributed by atoms with Gasteiger partial charge in [-0.1, -0.05) is 23.4 Å². The third-order valence-corrected chi connectivity index (χ3v) is 3.99. The summed E-state index contributed by atoms with van der Waals surface area (Å²) in [6.45, 7) is 3.09. The van der Waals surface area contributed by atoms with Gasteiger partial charge in [0.25, 0.3) is 0 Å². The molecule has 0 aliphatic carbocycles. The molecule has 0 saturated carbocycles. The van der Waals surface area contributed by atoms with Crippen LogP contribution in [0.5, 0.6) is 0 Å². The van der Waals surface area contributed by atoms with Gasteiger partial charge in [0.05, 0.1) is 11.1 Å². The van der Waals surface area contributed by atoms with Crippen molar-refractivity contribution in [2.75, 3.05) is 6.54 Å². The first-order valence-electron chi connectivity index (χ1n) is 6.82. The molecule has 1 atom stereocenters. The quantitative estimate of drug-likeness (QED) is 0.774. The van der Waals surface area contributed by atoms with Crippen LogP contribution in [0.4, 0.5) is 0 Å². The lowest BCUT2D eigenvalue weighted by Crippen LogP contribution is -2.33. The number of nitrogens with zero attached hydrogens (tertiary/aromatic N) is 2. The van der Waals surface area contributed by atoms with Gasteiger partial charge < -0.3 is 14.3 Å². The molecule has 4 rings (SSSR count). The third-order valence-electron chi connectivity index (χ3n) is 3.99. The van der Waals surface area contributed by atoms with Crippen LogP contribution < -0.4 is 5.32 Å². The molecule has 3 heterocycles. The van der Waals surface area contributed by atoms with Crippen molar-refractivity contribution >= 4 is 11.0 Å². The monoisotopic (exact) mass is 269 g/mol. The largest absolute Gasteiger partial charge is 0.464 e. The van der Waals surface area contributed by atoms with Gasteiger partial charge in [0, 0.05) is 5.39 Å². The van der Waals surface area contributed by atoms with Crippen molar-refractivity contribution in [1.82, 2.24) is 15.5 Å². The molecule has 1 unspecified atom stereocenters. The normalized spacial score (nSPS) is 22.6. The molecule has 1 N–H and O–H groups in total. The van der Waals surface area contributed by atoms with Gasteiger partial charge in [-0.15, -0.1) is 0 Å². The predicted molar refractivity (Wildman–Crippen MR) is 74.1 cm³/mol. The number of fused-ring (bicyclic) bond motifs is 1. The molecule has 1 aliphatic rings. The number of hydrogen-bond acceptors (Lipinski definition) is 5. The summed E-state index contributed by atoms with van der Waals surface area (Å²) in [6.07, 6.45) is 3.83. The maximum atomic E-state index is 5.53. The highest BCUT2D eigenvalue weighted by Gasteiger charge is 2.36. The minimum Gasteiger partial charge on any atom is -0.464 e. The molecule has 20 heavy (non-hydrogen) atoms. The Kier molecular flexibility index (Phi) is 2.44. The Morgan fingerprint density at radius 3 is 3.05 bits per heavy atom. The van der Waals surface area contributed by atoms with Crippen molar-refractivity contribution in [3.8, 4) is 11.4 Å². The second-order valence-corrected chi connectivity index (χ2v) is 5.43. The smallest absolute Gasteiger partial charge is 0.246 e. The van der Waals surface area contributed by atoms with Crippen LogP contribution in [0.2, 0.25) is 0 Å². The summed E-state index contributed by atoms with van der Waals surface area (Å²) in [5.41, 5.74) is 1.50. The zero-order valence-corrected chi connectivity index (χ0v) is 11.2. The average Bonchev–Trinajstić information content (AvgIpc) is 3.16. The van der Waals surface area contributed by atoms with E-state index in [0.29, 0.717) is 11.7 Å². The summed E-state index contributed by atoms with van der Waals surface area (Å²) < 4.78 is 11.0. The standard InChI is InChI=1S/C15H15N3O2/c1-15(7-4-8-16-15)14-17-13(18-20-14)11-9-19-12-6-3-2-5-10(11)12/h2-3,5-6,9,16H,4,7-8H2,1H3. The van der Waals surface area contributed by atoms with Crippen molar-refractivity contribution in [2.45, 2.75) is 25.3 Å². The zero-order chi connectivity index (χ0) is 13.6. The number of furan rings is 1. The highest BCUT2D eigenvalue weighted by Crippen LogP contribution is 2.33. The maximum Gasteiger partial charge on any atom is 0.246 e. The minimum atomic E-state index is -0.204. The molecular formula is C15H15N3O2. The summed E-state index contributed by atoms with van der Waals surface area (Å²) >= 11 is 0. The van der Waals surface area contributed by atoms with Crippen molar-refractivity contribution in [1.29, 1.82) is 0 Å². The Hall–Kier alpha value is -2.14. The number of hydrogen-bond donors (Lipinski definition) is 1. The molecule has 1 fully saturated rings. The topological polar surface area (TPSA) is 64.1 Å². The fraction of sp³-hybridized carbons (Fsp3) is 0.333. The van der Waals surface area contributed by atoms with Crippen LogP contribution in [0.25, 0.3) is 22.4 Å². The Labute approximate surface area is 116 Å². The van der Waals surface area contributed by atoms with Gasteiger partial charge in [0.2, 0.25) is 11.7 Å². The molecule has 0 spiro atoms. The highest BCUT2D eigenvalue weighted by atomic mass is 16.5. The SMILES string of the molecule is CC1(c2nc(-c3coc4ccccc34)no2)CCCN1. The molecule has 0 bridgehead atoms. The van der Waals surface area contributed by atoms with Crippen LogP contribution in [0.3, 0.4) is 0 Å². The molecule has 0 radical (unpaired) electrons. The minimum absolute atomic E-state index is 0.204. The van der Waals surface area contributed by atoms with Gasteiger partial charge in [0.1, 0.15) is 11.8 Å². The van der Waals surface area contributed by atoms with Crippen molar-refractivity contribution < 1.29 is 8.94 Å². The predicted octanol–water partition coefficient (Wildman–Crippen LogP) is 3.08. The van der Waals surface area contributed by atoms with Crippen LogP contribution in [0.1, 0.15) is 25.7 Å². The Morgan fingerprint density at radius 2 is 2.20 bits per heavy atom. The van der Waals surface area contributed by atoms with Gasteiger partial charge in [-0.2, -0.15) is 4.98 Å². The van der Waals surface area contributed by atoms with Crippen molar-refractivity contribution in [3.63, 3.8) is 0 Å². The number of aromatic nitrogens is 2. The zero-order valence-electron chi connectivity index (χ0n) is 11.2. The molecule has 102 valence electrons. The summed E-state index contributed by atoms with van der Waals surface area (Å²) in [5.74, 6) is 1.23. The van der Waals surface area contributed by atoms with E-state index >= 15 is 0 Å². The fourth-order valence-corrected chi connectivity index (χ4v) is 2.79. The molecule has 5 heteroatoms. The Morgan fingerprint density at radius 1 is 1.30 bits per heavy atom. The second kappa shape index (κ2) is 4.18. The first-order chi connectivity index (χ1) is 9.76. The van der Waals surface area contributed by atoms with E-state index in [2.05, 4.69) is 22.4 Å². The first kappa shape index (κ1) is 11.7. The maximum absolute atomic E-state index is 5.53. The van der Waals surface area contributed by atoms with E-state index < -0.39 is 0 Å². The molecule has 1 saturated heterocycles. The molecule has 0 amide bonds. The van der Waals surface area contributed by atoms with Gasteiger partial charge in [0.15, 0.2) is 0 Å². The van der Waals surface area contributed by atoms with Gasteiger partial charge in [-0.25, -0.2) is 0 Å². The number of nitrogens with one attached hydrogen (secondary N) is 1. The Balaban J connectivity index is 1.78. The second-order valence-electron chi connectivity index (χ2n) is 5.43. The highest BCUT2D eigenvalue weighted by molar-refractivity contribution is 5.91. The lowest BCUT2D eigenvalue weighted by atomic mass is 10.0. The van der Waals surface area contributed by atoms with Crippen molar-refractivity contribution in [2.24, 2.45) is 0 Å². The van der Waals surface area contributed by atoms with Gasteiger partial charge in [-0.3, -0.25) is 0 Å². The molecular weight excluding hydrogens is 254 g/mol. The summed E-state index contributed by atoms with van der Waals surface area (Å²) in [4.78, 5) is 4.56. The first-order valence-corrected chi connectivity index (χ1v) is 6.82. The van der Waals surface area contributed by atoms with Crippen molar-refractivity contribution in [3.05, 3.63) is 36.4 Å². The number of benzene rings is 1. The van der Waals surface area contributed by atoms with E-state index in [4.69, 9.17) is 8.94 Å². The van der Waals surface area contributed by atoms with E-state index in [9.17, 15) is 0 Å². The molecule has 5 nitrogen and oxygen atoms in total. The molecule has 1 aliphatic heterocycles. The van der Waals surface area contributed by atoms with Gasteiger partial charge in [-0.05, 0) is 32.4 Å². The number of para-hydroxylation sites is 1. The lowest BCUT2D eigenvalue weighted by Gasteiger charge is -2.18. The summed E-state index contributed by atoms with van der Waals surface area (Å²) in [7, 11) is 0. The van der Waals surface area contributed by atoms with E-state index in [0.717, 1.165) is 35.9 Å². The third kappa shape index (κ3) is 1.67. The molecule has 1 aromatic carbocycles. The summed E-state index contributed by atoms with van der Waals surface area (Å²) in [5, 5.41) is 8.54. The van der Waals surface area contributed by atoms with E-state index in [1.165, 1.54) is 0 Å². The molecule has 3 aromatic rings. The van der Waals surface area contributed by atoms with Gasteiger partial charge >= 0.3 is 0 Å².